The van der Waals surface area contributed by atoms with E-state index >= 15 is 0 Å². The summed E-state index contributed by atoms with van der Waals surface area (Å²) in [5.74, 6) is 0. The molecule has 0 heterocycles. The normalized spacial score (nSPS) is 24.4. The molecule has 20 heavy (non-hydrogen) atoms. The first kappa shape index (κ1) is 13.4. The Labute approximate surface area is 122 Å². The minimum absolute atomic E-state index is 0.183. The first-order chi connectivity index (χ1) is 9.72. The molecule has 2 aliphatic carbocycles. The van der Waals surface area contributed by atoms with Gasteiger partial charge in [0.2, 0.25) is 0 Å². The molecule has 0 saturated heterocycles. The molecule has 0 aliphatic heterocycles. The quantitative estimate of drug-likeness (QED) is 0.587. The summed E-state index contributed by atoms with van der Waals surface area (Å²) < 4.78 is 0. The average Bonchev–Trinajstić information content (AvgIpc) is 2.53. The van der Waals surface area contributed by atoms with Crippen LogP contribution in [-0.4, -0.2) is 0 Å². The number of aryl methyl sites for hydroxylation is 1. The molecule has 0 aromatic heterocycles. The standard InChI is InChI=1S/C20H24/c1-16-11-12-18-10-6-3-5-9-17(2)20(19(18)15-16)13-7-4-8-14-20/h3,5-6,9,11-12,15H,2,4,7-8,10,13-14H2,1H3/b6-3-,9-5-. The lowest BCUT2D eigenvalue weighted by molar-refractivity contribution is 0.344. The van der Waals surface area contributed by atoms with Gasteiger partial charge in [0, 0.05) is 5.41 Å². The molecule has 1 aromatic carbocycles. The summed E-state index contributed by atoms with van der Waals surface area (Å²) in [6, 6.07) is 6.99. The second-order valence-electron chi connectivity index (χ2n) is 6.32. The summed E-state index contributed by atoms with van der Waals surface area (Å²) >= 11 is 0. The number of fused-ring (bicyclic) bond motifs is 2. The molecule has 0 atom stereocenters. The first-order valence-corrected chi connectivity index (χ1v) is 7.85. The van der Waals surface area contributed by atoms with E-state index in [1.807, 2.05) is 0 Å². The number of hydrogen-bond acceptors (Lipinski definition) is 0. The van der Waals surface area contributed by atoms with Crippen molar-refractivity contribution in [1.29, 1.82) is 0 Å². The van der Waals surface area contributed by atoms with Crippen LogP contribution in [0.5, 0.6) is 0 Å². The van der Waals surface area contributed by atoms with Crippen LogP contribution in [0.1, 0.15) is 48.8 Å². The topological polar surface area (TPSA) is 0 Å². The molecule has 0 unspecified atom stereocenters. The number of allylic oxidation sites excluding steroid dienone is 5. The van der Waals surface area contributed by atoms with Crippen molar-refractivity contribution in [3.8, 4) is 0 Å². The van der Waals surface area contributed by atoms with Gasteiger partial charge in [-0.1, -0.05) is 73.9 Å². The molecule has 1 aromatic rings. The van der Waals surface area contributed by atoms with Crippen molar-refractivity contribution in [1.82, 2.24) is 0 Å². The lowest BCUT2D eigenvalue weighted by atomic mass is 9.64. The van der Waals surface area contributed by atoms with E-state index in [0.29, 0.717) is 0 Å². The second kappa shape index (κ2) is 5.44. The molecule has 1 saturated carbocycles. The third kappa shape index (κ3) is 2.28. The van der Waals surface area contributed by atoms with E-state index in [1.54, 1.807) is 5.56 Å². The molecule has 0 bridgehead atoms. The molecule has 0 heteroatoms. The highest BCUT2D eigenvalue weighted by Gasteiger charge is 2.37. The van der Waals surface area contributed by atoms with Crippen molar-refractivity contribution in [3.63, 3.8) is 0 Å². The van der Waals surface area contributed by atoms with Gasteiger partial charge < -0.3 is 0 Å². The number of benzene rings is 1. The Bertz CT molecular complexity index is 566. The maximum absolute atomic E-state index is 4.44. The van der Waals surface area contributed by atoms with Crippen LogP contribution < -0.4 is 0 Å². The molecule has 1 spiro atoms. The zero-order valence-corrected chi connectivity index (χ0v) is 12.5. The van der Waals surface area contributed by atoms with E-state index in [9.17, 15) is 0 Å². The highest BCUT2D eigenvalue weighted by molar-refractivity contribution is 5.48. The molecule has 2 aliphatic rings. The Morgan fingerprint density at radius 1 is 1.05 bits per heavy atom. The molecule has 104 valence electrons. The summed E-state index contributed by atoms with van der Waals surface area (Å²) in [7, 11) is 0. The highest BCUT2D eigenvalue weighted by Crippen LogP contribution is 2.46. The predicted molar refractivity (Wildman–Crippen MR) is 87.1 cm³/mol. The van der Waals surface area contributed by atoms with Gasteiger partial charge in [-0.25, -0.2) is 0 Å². The summed E-state index contributed by atoms with van der Waals surface area (Å²) in [6.07, 6.45) is 16.4. The van der Waals surface area contributed by atoms with E-state index < -0.39 is 0 Å². The largest absolute Gasteiger partial charge is 0.0949 e. The number of rotatable bonds is 0. The van der Waals surface area contributed by atoms with Crippen LogP contribution in [0.4, 0.5) is 0 Å². The monoisotopic (exact) mass is 264 g/mol. The third-order valence-electron chi connectivity index (χ3n) is 4.99. The highest BCUT2D eigenvalue weighted by atomic mass is 14.4. The summed E-state index contributed by atoms with van der Waals surface area (Å²) in [5, 5.41) is 0. The van der Waals surface area contributed by atoms with Crippen LogP contribution in [0.15, 0.2) is 54.7 Å². The predicted octanol–water partition coefficient (Wildman–Crippen LogP) is 5.42. The zero-order chi connectivity index (χ0) is 14.0. The van der Waals surface area contributed by atoms with Gasteiger partial charge in [0.05, 0.1) is 0 Å². The van der Waals surface area contributed by atoms with Crippen LogP contribution >= 0.6 is 0 Å². The van der Waals surface area contributed by atoms with Gasteiger partial charge in [-0.3, -0.25) is 0 Å². The van der Waals surface area contributed by atoms with E-state index in [2.05, 4.69) is 56.0 Å². The van der Waals surface area contributed by atoms with Crippen molar-refractivity contribution < 1.29 is 0 Å². The van der Waals surface area contributed by atoms with Crippen molar-refractivity contribution in [3.05, 3.63) is 71.3 Å². The molecular formula is C20H24. The Hall–Kier alpha value is -1.56. The van der Waals surface area contributed by atoms with Gasteiger partial charge >= 0.3 is 0 Å². The fourth-order valence-corrected chi connectivity index (χ4v) is 3.84. The molecule has 0 N–H and O–H groups in total. The van der Waals surface area contributed by atoms with Crippen LogP contribution in [0.2, 0.25) is 0 Å². The van der Waals surface area contributed by atoms with Gasteiger partial charge in [-0.15, -0.1) is 0 Å². The van der Waals surface area contributed by atoms with Crippen LogP contribution in [0, 0.1) is 6.92 Å². The van der Waals surface area contributed by atoms with Crippen molar-refractivity contribution >= 4 is 0 Å². The lowest BCUT2D eigenvalue weighted by Crippen LogP contribution is -2.31. The first-order valence-electron chi connectivity index (χ1n) is 7.85. The SMILES string of the molecule is C=C1/C=C\C=C/Cc2ccc(C)cc2C12CCCCC2. The van der Waals surface area contributed by atoms with Gasteiger partial charge in [0.15, 0.2) is 0 Å². The molecule has 0 nitrogen and oxygen atoms in total. The van der Waals surface area contributed by atoms with Crippen molar-refractivity contribution in [2.75, 3.05) is 0 Å². The van der Waals surface area contributed by atoms with Gasteiger partial charge in [-0.05, 0) is 42.9 Å². The maximum atomic E-state index is 4.44. The number of hydrogen-bond donors (Lipinski definition) is 0. The Kier molecular flexibility index (Phi) is 3.65. The minimum Gasteiger partial charge on any atom is -0.0949 e. The van der Waals surface area contributed by atoms with Gasteiger partial charge in [0.1, 0.15) is 0 Å². The fraction of sp³-hybridized carbons (Fsp3) is 0.400. The molecule has 3 rings (SSSR count). The fourth-order valence-electron chi connectivity index (χ4n) is 3.84. The Morgan fingerprint density at radius 3 is 2.65 bits per heavy atom. The maximum Gasteiger partial charge on any atom is 0.0200 e. The third-order valence-corrected chi connectivity index (χ3v) is 4.99. The second-order valence-corrected chi connectivity index (χ2v) is 6.32. The Morgan fingerprint density at radius 2 is 1.85 bits per heavy atom. The van der Waals surface area contributed by atoms with Crippen molar-refractivity contribution in [2.24, 2.45) is 0 Å². The lowest BCUT2D eigenvalue weighted by Gasteiger charge is -2.40. The van der Waals surface area contributed by atoms with Crippen LogP contribution in [0.3, 0.4) is 0 Å². The van der Waals surface area contributed by atoms with E-state index in [1.165, 1.54) is 48.8 Å². The molecule has 0 radical (unpaired) electrons. The molecule has 1 fully saturated rings. The van der Waals surface area contributed by atoms with Crippen molar-refractivity contribution in [2.45, 2.75) is 50.9 Å². The summed E-state index contributed by atoms with van der Waals surface area (Å²) in [6.45, 7) is 6.65. The summed E-state index contributed by atoms with van der Waals surface area (Å²) in [4.78, 5) is 0. The van der Waals surface area contributed by atoms with E-state index in [0.717, 1.165) is 6.42 Å². The average molecular weight is 264 g/mol. The molecule has 0 amide bonds. The smallest absolute Gasteiger partial charge is 0.0200 e. The van der Waals surface area contributed by atoms with E-state index in [-0.39, 0.29) is 5.41 Å². The van der Waals surface area contributed by atoms with Gasteiger partial charge in [-0.2, -0.15) is 0 Å². The van der Waals surface area contributed by atoms with E-state index in [4.69, 9.17) is 0 Å². The zero-order valence-electron chi connectivity index (χ0n) is 12.5. The van der Waals surface area contributed by atoms with Gasteiger partial charge in [0.25, 0.3) is 0 Å². The minimum atomic E-state index is 0.183. The Balaban J connectivity index is 2.19. The van der Waals surface area contributed by atoms with Crippen LogP contribution in [0.25, 0.3) is 0 Å². The summed E-state index contributed by atoms with van der Waals surface area (Å²) in [5.41, 5.74) is 5.88. The molecular weight excluding hydrogens is 240 g/mol. The van der Waals surface area contributed by atoms with Crippen LogP contribution in [-0.2, 0) is 11.8 Å².